The molecule has 2 heterocycles. The number of amides is 4. The highest BCUT2D eigenvalue weighted by Gasteiger charge is 2.49. The first-order valence-electron chi connectivity index (χ1n) is 9.33. The highest BCUT2D eigenvalue weighted by molar-refractivity contribution is 6.09. The van der Waals surface area contributed by atoms with Crippen molar-refractivity contribution in [3.8, 4) is 0 Å². The smallest absolute Gasteiger partial charge is 0.325 e. The van der Waals surface area contributed by atoms with Crippen LogP contribution in [0.15, 0.2) is 24.3 Å². The summed E-state index contributed by atoms with van der Waals surface area (Å²) in [5.74, 6) is -1.23. The van der Waals surface area contributed by atoms with Crippen LogP contribution in [0.1, 0.15) is 30.9 Å². The van der Waals surface area contributed by atoms with Gasteiger partial charge in [0.15, 0.2) is 0 Å². The van der Waals surface area contributed by atoms with Gasteiger partial charge in [-0.3, -0.25) is 19.3 Å². The average molecular weight is 387 g/mol. The van der Waals surface area contributed by atoms with E-state index in [1.54, 1.807) is 24.0 Å². The summed E-state index contributed by atoms with van der Waals surface area (Å²) >= 11 is 0. The highest BCUT2D eigenvalue weighted by Crippen LogP contribution is 2.29. The fourth-order valence-electron chi connectivity index (χ4n) is 3.69. The first kappa shape index (κ1) is 19.9. The van der Waals surface area contributed by atoms with E-state index in [4.69, 9.17) is 4.74 Å². The van der Waals surface area contributed by atoms with Crippen LogP contribution in [0.25, 0.3) is 0 Å². The van der Waals surface area contributed by atoms with Crippen molar-refractivity contribution < 1.29 is 23.9 Å². The third-order valence-electron chi connectivity index (χ3n) is 5.58. The molecule has 0 saturated carbocycles. The summed E-state index contributed by atoms with van der Waals surface area (Å²) < 4.78 is 4.75. The number of nitrogens with zero attached hydrogens (tertiary/aromatic N) is 2. The number of likely N-dealkylation sites (tertiary alicyclic amines) is 1. The molecule has 8 nitrogen and oxygen atoms in total. The van der Waals surface area contributed by atoms with Crippen molar-refractivity contribution in [1.82, 2.24) is 15.1 Å². The molecule has 150 valence electrons. The van der Waals surface area contributed by atoms with Crippen LogP contribution in [0, 0.1) is 12.8 Å². The third-order valence-corrected chi connectivity index (χ3v) is 5.58. The van der Waals surface area contributed by atoms with Gasteiger partial charge in [-0.25, -0.2) is 4.79 Å². The minimum atomic E-state index is -1.19. The number of imide groups is 1. The molecule has 28 heavy (non-hydrogen) atoms. The van der Waals surface area contributed by atoms with E-state index in [1.165, 1.54) is 7.11 Å². The number of ether oxygens (including phenoxy) is 1. The lowest BCUT2D eigenvalue weighted by atomic mass is 9.91. The van der Waals surface area contributed by atoms with Gasteiger partial charge >= 0.3 is 12.0 Å². The molecular formula is C20H25N3O5. The maximum atomic E-state index is 12.9. The van der Waals surface area contributed by atoms with Gasteiger partial charge < -0.3 is 15.0 Å². The van der Waals surface area contributed by atoms with E-state index in [1.807, 2.05) is 19.1 Å². The Balaban J connectivity index is 1.65. The van der Waals surface area contributed by atoms with Crippen LogP contribution in [0.5, 0.6) is 0 Å². The molecule has 8 heteroatoms. The van der Waals surface area contributed by atoms with Crippen molar-refractivity contribution >= 4 is 23.8 Å². The number of esters is 1. The van der Waals surface area contributed by atoms with E-state index in [0.29, 0.717) is 31.5 Å². The van der Waals surface area contributed by atoms with Gasteiger partial charge in [-0.15, -0.1) is 0 Å². The Morgan fingerprint density at radius 2 is 1.79 bits per heavy atom. The summed E-state index contributed by atoms with van der Waals surface area (Å²) in [7, 11) is 1.35. The number of piperidine rings is 1. The second-order valence-corrected chi connectivity index (χ2v) is 7.49. The zero-order chi connectivity index (χ0) is 20.5. The van der Waals surface area contributed by atoms with Gasteiger partial charge in [0.05, 0.1) is 13.0 Å². The lowest BCUT2D eigenvalue weighted by Crippen LogP contribution is -2.47. The quantitative estimate of drug-likeness (QED) is 0.618. The topological polar surface area (TPSA) is 96.0 Å². The number of benzene rings is 1. The van der Waals surface area contributed by atoms with Crippen molar-refractivity contribution in [3.63, 3.8) is 0 Å². The SMILES string of the molecule is COC(=O)C1CCN(C(=O)CN2C(=O)N[C@@](C)(c3ccc(C)cc3)C2=O)CC1. The molecule has 2 aliphatic heterocycles. The number of methoxy groups -OCH3 is 1. The molecule has 0 radical (unpaired) electrons. The van der Waals surface area contributed by atoms with Crippen LogP contribution in [-0.4, -0.2) is 60.4 Å². The van der Waals surface area contributed by atoms with Crippen LogP contribution < -0.4 is 5.32 Å². The molecule has 1 N–H and O–H groups in total. The monoisotopic (exact) mass is 387 g/mol. The Hall–Kier alpha value is -2.90. The van der Waals surface area contributed by atoms with E-state index in [9.17, 15) is 19.2 Å². The van der Waals surface area contributed by atoms with E-state index in [0.717, 1.165) is 10.5 Å². The van der Waals surface area contributed by atoms with Gasteiger partial charge in [0.2, 0.25) is 5.91 Å². The number of hydrogen-bond donors (Lipinski definition) is 1. The lowest BCUT2D eigenvalue weighted by molar-refractivity contribution is -0.149. The summed E-state index contributed by atoms with van der Waals surface area (Å²) in [6.45, 7) is 4.07. The zero-order valence-corrected chi connectivity index (χ0v) is 16.4. The number of rotatable bonds is 4. The molecule has 2 fully saturated rings. The summed E-state index contributed by atoms with van der Waals surface area (Å²) in [5.41, 5.74) is 0.528. The average Bonchev–Trinajstić information content (AvgIpc) is 2.91. The normalized spacial score (nSPS) is 23.0. The Bertz CT molecular complexity index is 799. The number of carbonyl (C=O) groups is 4. The van der Waals surface area contributed by atoms with Gasteiger partial charge in [0.25, 0.3) is 5.91 Å². The second-order valence-electron chi connectivity index (χ2n) is 7.49. The lowest BCUT2D eigenvalue weighted by Gasteiger charge is -2.31. The predicted octanol–water partition coefficient (Wildman–Crippen LogP) is 1.17. The Kier molecular flexibility index (Phi) is 5.40. The molecule has 1 aromatic carbocycles. The molecule has 4 amide bonds. The minimum absolute atomic E-state index is 0.212. The predicted molar refractivity (Wildman–Crippen MR) is 100 cm³/mol. The van der Waals surface area contributed by atoms with Crippen molar-refractivity contribution in [1.29, 1.82) is 0 Å². The first-order chi connectivity index (χ1) is 13.3. The van der Waals surface area contributed by atoms with E-state index in [-0.39, 0.29) is 24.3 Å². The zero-order valence-electron chi connectivity index (χ0n) is 16.4. The fraction of sp³-hybridized carbons (Fsp3) is 0.500. The second kappa shape index (κ2) is 7.61. The number of hydrogen-bond acceptors (Lipinski definition) is 5. The Morgan fingerprint density at radius 1 is 1.18 bits per heavy atom. The van der Waals surface area contributed by atoms with Crippen molar-refractivity contribution in [2.45, 2.75) is 32.2 Å². The van der Waals surface area contributed by atoms with Crippen molar-refractivity contribution in [3.05, 3.63) is 35.4 Å². The number of aryl methyl sites for hydroxylation is 1. The molecule has 0 bridgehead atoms. The van der Waals surface area contributed by atoms with E-state index < -0.39 is 17.5 Å². The molecule has 0 aromatic heterocycles. The van der Waals surface area contributed by atoms with Gasteiger partial charge in [-0.1, -0.05) is 29.8 Å². The summed E-state index contributed by atoms with van der Waals surface area (Å²) in [5, 5.41) is 2.71. The van der Waals surface area contributed by atoms with Crippen molar-refractivity contribution in [2.75, 3.05) is 26.7 Å². The molecule has 1 aromatic rings. The Morgan fingerprint density at radius 3 is 2.36 bits per heavy atom. The maximum Gasteiger partial charge on any atom is 0.325 e. The maximum absolute atomic E-state index is 12.9. The van der Waals surface area contributed by atoms with Gasteiger partial charge in [0.1, 0.15) is 12.1 Å². The first-order valence-corrected chi connectivity index (χ1v) is 9.33. The van der Waals surface area contributed by atoms with Crippen LogP contribution in [0.4, 0.5) is 4.79 Å². The van der Waals surface area contributed by atoms with Crippen LogP contribution >= 0.6 is 0 Å². The molecule has 2 aliphatic rings. The highest BCUT2D eigenvalue weighted by atomic mass is 16.5. The minimum Gasteiger partial charge on any atom is -0.469 e. The van der Waals surface area contributed by atoms with Crippen LogP contribution in [0.2, 0.25) is 0 Å². The number of carbonyl (C=O) groups excluding carboxylic acids is 4. The molecule has 0 unspecified atom stereocenters. The molecule has 0 aliphatic carbocycles. The number of nitrogens with one attached hydrogen (secondary N) is 1. The van der Waals surface area contributed by atoms with Crippen LogP contribution in [-0.2, 0) is 24.7 Å². The summed E-state index contributed by atoms with van der Waals surface area (Å²) in [6.07, 6.45) is 1.03. The largest absolute Gasteiger partial charge is 0.469 e. The Labute approximate surface area is 163 Å². The van der Waals surface area contributed by atoms with Gasteiger partial charge in [0, 0.05) is 13.1 Å². The van der Waals surface area contributed by atoms with Gasteiger partial charge in [-0.2, -0.15) is 0 Å². The summed E-state index contributed by atoms with van der Waals surface area (Å²) in [4.78, 5) is 52.1. The standard InChI is InChI=1S/C20H25N3O5/c1-13-4-6-15(7-5-13)20(2)18(26)23(19(27)21-20)12-16(24)22-10-8-14(9-11-22)17(25)28-3/h4-7,14H,8-12H2,1-3H3,(H,21,27)/t20-/m0/s1. The fourth-order valence-corrected chi connectivity index (χ4v) is 3.69. The molecule has 1 atom stereocenters. The third kappa shape index (κ3) is 3.58. The molecular weight excluding hydrogens is 362 g/mol. The van der Waals surface area contributed by atoms with E-state index >= 15 is 0 Å². The van der Waals surface area contributed by atoms with Crippen LogP contribution in [0.3, 0.4) is 0 Å². The molecule has 0 spiro atoms. The molecule has 2 saturated heterocycles. The molecule has 3 rings (SSSR count). The number of urea groups is 1. The van der Waals surface area contributed by atoms with Crippen molar-refractivity contribution in [2.24, 2.45) is 5.92 Å². The van der Waals surface area contributed by atoms with E-state index in [2.05, 4.69) is 5.32 Å². The summed E-state index contributed by atoms with van der Waals surface area (Å²) in [6, 6.07) is 6.77. The van der Waals surface area contributed by atoms with Gasteiger partial charge in [-0.05, 0) is 32.3 Å².